The molecular formula is C13H23NO3. The molecule has 0 spiro atoms. The minimum Gasteiger partial charge on any atom is -0.444 e. The number of aldehydes is 1. The van der Waals surface area contributed by atoms with Gasteiger partial charge in [0.2, 0.25) is 0 Å². The molecule has 17 heavy (non-hydrogen) atoms. The molecule has 0 radical (unpaired) electrons. The van der Waals surface area contributed by atoms with E-state index >= 15 is 0 Å². The number of carbonyl (C=O) groups excluding carboxylic acids is 2. The van der Waals surface area contributed by atoms with Gasteiger partial charge in [0.1, 0.15) is 11.9 Å². The maximum atomic E-state index is 12.1. The second kappa shape index (κ2) is 5.52. The number of amides is 1. The fraction of sp³-hybridized carbons (Fsp3) is 0.846. The number of carbonyl (C=O) groups is 2. The Labute approximate surface area is 103 Å². The van der Waals surface area contributed by atoms with Crippen molar-refractivity contribution in [2.45, 2.75) is 71.1 Å². The number of ether oxygens (including phenoxy) is 1. The summed E-state index contributed by atoms with van der Waals surface area (Å²) in [6.07, 6.45) is 4.23. The van der Waals surface area contributed by atoms with Crippen molar-refractivity contribution in [1.29, 1.82) is 0 Å². The summed E-state index contributed by atoms with van der Waals surface area (Å²) in [5, 5.41) is 0. The Morgan fingerprint density at radius 2 is 1.88 bits per heavy atom. The summed E-state index contributed by atoms with van der Waals surface area (Å²) >= 11 is 0. The smallest absolute Gasteiger partial charge is 0.411 e. The van der Waals surface area contributed by atoms with Gasteiger partial charge in [-0.1, -0.05) is 12.8 Å². The molecule has 0 unspecified atom stereocenters. The van der Waals surface area contributed by atoms with Gasteiger partial charge in [0.15, 0.2) is 0 Å². The van der Waals surface area contributed by atoms with E-state index in [0.29, 0.717) is 0 Å². The Balaban J connectivity index is 2.80. The van der Waals surface area contributed by atoms with Crippen molar-refractivity contribution in [2.24, 2.45) is 0 Å². The topological polar surface area (TPSA) is 46.6 Å². The van der Waals surface area contributed by atoms with Crippen molar-refractivity contribution in [1.82, 2.24) is 4.90 Å². The van der Waals surface area contributed by atoms with E-state index < -0.39 is 5.60 Å². The Kier molecular flexibility index (Phi) is 4.54. The summed E-state index contributed by atoms with van der Waals surface area (Å²) in [6.45, 7) is 7.49. The van der Waals surface area contributed by atoms with Gasteiger partial charge in [0, 0.05) is 6.04 Å². The van der Waals surface area contributed by atoms with Gasteiger partial charge >= 0.3 is 6.09 Å². The van der Waals surface area contributed by atoms with Crippen molar-refractivity contribution in [3.05, 3.63) is 0 Å². The molecule has 1 rings (SSSR count). The first kappa shape index (κ1) is 14.0. The molecule has 1 amide bonds. The molecule has 0 aliphatic carbocycles. The molecule has 0 bridgehead atoms. The molecule has 1 saturated heterocycles. The first-order chi connectivity index (χ1) is 7.85. The standard InChI is InChI=1S/C13H23NO3/c1-10-7-5-6-8-11(9-15)14(10)12(16)17-13(2,3)4/h9-11H,5-8H2,1-4H3/t10-,11+/m1/s1. The van der Waals surface area contributed by atoms with E-state index in [-0.39, 0.29) is 18.2 Å². The lowest BCUT2D eigenvalue weighted by atomic mass is 10.1. The van der Waals surface area contributed by atoms with Gasteiger partial charge in [-0.25, -0.2) is 4.79 Å². The molecule has 4 nitrogen and oxygen atoms in total. The lowest BCUT2D eigenvalue weighted by molar-refractivity contribution is -0.113. The van der Waals surface area contributed by atoms with Gasteiger partial charge in [-0.2, -0.15) is 0 Å². The lowest BCUT2D eigenvalue weighted by Gasteiger charge is -2.33. The van der Waals surface area contributed by atoms with Crippen LogP contribution in [0.15, 0.2) is 0 Å². The first-order valence-corrected chi connectivity index (χ1v) is 6.32. The minimum atomic E-state index is -0.517. The minimum absolute atomic E-state index is 0.0718. The molecule has 0 aromatic carbocycles. The molecule has 1 aliphatic heterocycles. The van der Waals surface area contributed by atoms with E-state index in [1.807, 2.05) is 27.7 Å². The third-order valence-electron chi connectivity index (χ3n) is 2.97. The van der Waals surface area contributed by atoms with Crippen molar-refractivity contribution >= 4 is 12.4 Å². The van der Waals surface area contributed by atoms with E-state index in [1.54, 1.807) is 4.90 Å². The van der Waals surface area contributed by atoms with Gasteiger partial charge in [-0.3, -0.25) is 4.90 Å². The normalized spacial score (nSPS) is 26.2. The van der Waals surface area contributed by atoms with E-state index in [1.165, 1.54) is 0 Å². The SMILES string of the molecule is C[C@@H]1CCCC[C@@H](C=O)N1C(=O)OC(C)(C)C. The van der Waals surface area contributed by atoms with E-state index in [2.05, 4.69) is 0 Å². The van der Waals surface area contributed by atoms with Crippen LogP contribution < -0.4 is 0 Å². The second-order valence-electron chi connectivity index (χ2n) is 5.72. The van der Waals surface area contributed by atoms with Gasteiger partial charge < -0.3 is 9.53 Å². The van der Waals surface area contributed by atoms with Crippen molar-refractivity contribution in [3.63, 3.8) is 0 Å². The van der Waals surface area contributed by atoms with Gasteiger partial charge in [-0.15, -0.1) is 0 Å². The number of hydrogen-bond acceptors (Lipinski definition) is 3. The van der Waals surface area contributed by atoms with Crippen LogP contribution in [0.1, 0.15) is 53.4 Å². The molecular weight excluding hydrogens is 218 g/mol. The highest BCUT2D eigenvalue weighted by atomic mass is 16.6. The van der Waals surface area contributed by atoms with Crippen LogP contribution in [0.25, 0.3) is 0 Å². The molecule has 0 saturated carbocycles. The van der Waals surface area contributed by atoms with Crippen LogP contribution in [-0.2, 0) is 9.53 Å². The fourth-order valence-electron chi connectivity index (χ4n) is 2.16. The molecule has 2 atom stereocenters. The van der Waals surface area contributed by atoms with Crippen LogP contribution in [0.4, 0.5) is 4.79 Å². The highest BCUT2D eigenvalue weighted by Gasteiger charge is 2.33. The summed E-state index contributed by atoms with van der Waals surface area (Å²) in [7, 11) is 0. The number of nitrogens with zero attached hydrogens (tertiary/aromatic N) is 1. The third-order valence-corrected chi connectivity index (χ3v) is 2.97. The average molecular weight is 241 g/mol. The zero-order chi connectivity index (χ0) is 13.1. The quantitative estimate of drug-likeness (QED) is 0.663. The molecule has 1 heterocycles. The number of likely N-dealkylation sites (tertiary alicyclic amines) is 1. The molecule has 98 valence electrons. The monoisotopic (exact) mass is 241 g/mol. The largest absolute Gasteiger partial charge is 0.444 e. The Bertz CT molecular complexity index is 283. The van der Waals surface area contributed by atoms with E-state index in [0.717, 1.165) is 32.0 Å². The summed E-state index contributed by atoms with van der Waals surface area (Å²) in [6, 6.07) is -0.259. The van der Waals surface area contributed by atoms with Crippen LogP contribution >= 0.6 is 0 Å². The maximum absolute atomic E-state index is 12.1. The third kappa shape index (κ3) is 4.02. The summed E-state index contributed by atoms with van der Waals surface area (Å²) < 4.78 is 5.36. The van der Waals surface area contributed by atoms with E-state index in [9.17, 15) is 9.59 Å². The number of hydrogen-bond donors (Lipinski definition) is 0. The van der Waals surface area contributed by atoms with Crippen molar-refractivity contribution in [2.75, 3.05) is 0 Å². The zero-order valence-corrected chi connectivity index (χ0v) is 11.2. The Hall–Kier alpha value is -1.06. The van der Waals surface area contributed by atoms with Crippen LogP contribution in [-0.4, -0.2) is 35.0 Å². The van der Waals surface area contributed by atoms with Crippen LogP contribution in [0.3, 0.4) is 0 Å². The predicted octanol–water partition coefficient (Wildman–Crippen LogP) is 2.75. The highest BCUT2D eigenvalue weighted by molar-refractivity contribution is 5.74. The van der Waals surface area contributed by atoms with Crippen molar-refractivity contribution in [3.8, 4) is 0 Å². The summed E-state index contributed by atoms with van der Waals surface area (Å²) in [4.78, 5) is 24.8. The van der Waals surface area contributed by atoms with Crippen LogP contribution in [0.2, 0.25) is 0 Å². The highest BCUT2D eigenvalue weighted by Crippen LogP contribution is 2.23. The van der Waals surface area contributed by atoms with E-state index in [4.69, 9.17) is 4.74 Å². The zero-order valence-electron chi connectivity index (χ0n) is 11.2. The molecule has 0 N–H and O–H groups in total. The molecule has 0 aromatic heterocycles. The molecule has 1 fully saturated rings. The van der Waals surface area contributed by atoms with Crippen LogP contribution in [0, 0.1) is 0 Å². The first-order valence-electron chi connectivity index (χ1n) is 6.32. The average Bonchev–Trinajstić information content (AvgIpc) is 2.36. The lowest BCUT2D eigenvalue weighted by Crippen LogP contribution is -2.48. The van der Waals surface area contributed by atoms with Crippen molar-refractivity contribution < 1.29 is 14.3 Å². The Morgan fingerprint density at radius 1 is 1.29 bits per heavy atom. The number of rotatable bonds is 1. The second-order valence-corrected chi connectivity index (χ2v) is 5.72. The summed E-state index contributed by atoms with van der Waals surface area (Å²) in [5.41, 5.74) is -0.517. The van der Waals surface area contributed by atoms with Crippen LogP contribution in [0.5, 0.6) is 0 Å². The van der Waals surface area contributed by atoms with Gasteiger partial charge in [-0.05, 0) is 40.5 Å². The van der Waals surface area contributed by atoms with Gasteiger partial charge in [0.05, 0.1) is 6.04 Å². The Morgan fingerprint density at radius 3 is 2.41 bits per heavy atom. The molecule has 4 heteroatoms. The fourth-order valence-corrected chi connectivity index (χ4v) is 2.16. The molecule has 0 aromatic rings. The molecule has 1 aliphatic rings. The summed E-state index contributed by atoms with van der Waals surface area (Å²) in [5.74, 6) is 0. The van der Waals surface area contributed by atoms with Gasteiger partial charge in [0.25, 0.3) is 0 Å². The predicted molar refractivity (Wildman–Crippen MR) is 65.9 cm³/mol. The maximum Gasteiger partial charge on any atom is 0.411 e.